The van der Waals surface area contributed by atoms with Crippen molar-refractivity contribution in [2.24, 2.45) is 0 Å². The van der Waals surface area contributed by atoms with E-state index in [0.717, 1.165) is 0 Å². The first-order chi connectivity index (χ1) is 6.02. The van der Waals surface area contributed by atoms with Gasteiger partial charge in [-0.05, 0) is 6.92 Å². The molecule has 0 rings (SSSR count). The lowest BCUT2D eigenvalue weighted by Crippen LogP contribution is -2.32. The molecule has 0 aliphatic heterocycles. The summed E-state index contributed by atoms with van der Waals surface area (Å²) in [6.07, 6.45) is 0.336. The summed E-state index contributed by atoms with van der Waals surface area (Å²) in [4.78, 5) is 10.7. The zero-order valence-corrected chi connectivity index (χ0v) is 8.76. The second-order valence-electron chi connectivity index (χ2n) is 3.03. The molecule has 0 aliphatic carbocycles. The highest BCUT2D eigenvalue weighted by Crippen LogP contribution is 2.13. The smallest absolute Gasteiger partial charge is 0.306 e. The molecule has 0 aromatic heterocycles. The fourth-order valence-corrected chi connectivity index (χ4v) is 1.58. The maximum atomic E-state index is 10.7. The van der Waals surface area contributed by atoms with E-state index in [4.69, 9.17) is 5.11 Å². The van der Waals surface area contributed by atoms with Gasteiger partial charge in [0.2, 0.25) is 0 Å². The molecular formula is C8H16O4S. The van der Waals surface area contributed by atoms with Crippen molar-refractivity contribution in [3.63, 3.8) is 0 Å². The van der Waals surface area contributed by atoms with E-state index >= 15 is 0 Å². The van der Waals surface area contributed by atoms with E-state index in [1.807, 2.05) is 0 Å². The predicted molar refractivity (Wildman–Crippen MR) is 51.7 cm³/mol. The first kappa shape index (κ1) is 12.7. The Morgan fingerprint density at radius 3 is 2.69 bits per heavy atom. The van der Waals surface area contributed by atoms with Gasteiger partial charge in [0, 0.05) is 11.5 Å². The molecule has 4 nitrogen and oxygen atoms in total. The highest BCUT2D eigenvalue weighted by atomic mass is 32.2. The number of ether oxygens (including phenoxy) is 1. The number of esters is 1. The summed E-state index contributed by atoms with van der Waals surface area (Å²) in [5.74, 6) is 0.764. The first-order valence-electron chi connectivity index (χ1n) is 3.99. The van der Waals surface area contributed by atoms with Crippen LogP contribution in [-0.4, -0.2) is 47.0 Å². The van der Waals surface area contributed by atoms with Crippen LogP contribution in [0.4, 0.5) is 0 Å². The highest BCUT2D eigenvalue weighted by molar-refractivity contribution is 7.99. The van der Waals surface area contributed by atoms with Crippen LogP contribution in [0, 0.1) is 0 Å². The lowest BCUT2D eigenvalue weighted by atomic mass is 10.2. The Morgan fingerprint density at radius 2 is 2.23 bits per heavy atom. The van der Waals surface area contributed by atoms with Crippen LogP contribution in [0.15, 0.2) is 0 Å². The van der Waals surface area contributed by atoms with Crippen molar-refractivity contribution in [1.82, 2.24) is 0 Å². The third-order valence-corrected chi connectivity index (χ3v) is 2.75. The number of hydrogen-bond acceptors (Lipinski definition) is 5. The van der Waals surface area contributed by atoms with Crippen LogP contribution in [0.5, 0.6) is 0 Å². The van der Waals surface area contributed by atoms with Gasteiger partial charge < -0.3 is 14.9 Å². The summed E-state index contributed by atoms with van der Waals surface area (Å²) in [6.45, 7) is 1.29. The summed E-state index contributed by atoms with van der Waals surface area (Å²) in [6, 6.07) is 0. The van der Waals surface area contributed by atoms with Crippen molar-refractivity contribution in [3.05, 3.63) is 0 Å². The van der Waals surface area contributed by atoms with Crippen LogP contribution in [0.25, 0.3) is 0 Å². The molecule has 0 fully saturated rings. The molecule has 0 radical (unpaired) electrons. The third kappa shape index (κ3) is 6.86. The second-order valence-corrected chi connectivity index (χ2v) is 4.14. The molecule has 0 aromatic rings. The maximum absolute atomic E-state index is 10.7. The molecule has 0 amide bonds. The quantitative estimate of drug-likeness (QED) is 0.476. The molecule has 0 saturated heterocycles. The van der Waals surface area contributed by atoms with Crippen LogP contribution in [-0.2, 0) is 9.53 Å². The minimum atomic E-state index is -1.05. The molecule has 0 bridgehead atoms. The van der Waals surface area contributed by atoms with Gasteiger partial charge in [-0.25, -0.2) is 0 Å². The van der Waals surface area contributed by atoms with Gasteiger partial charge in [0.25, 0.3) is 0 Å². The Balaban J connectivity index is 3.41. The summed E-state index contributed by atoms with van der Waals surface area (Å²) >= 11 is 1.42. The van der Waals surface area contributed by atoms with E-state index in [1.165, 1.54) is 18.9 Å². The molecule has 0 heterocycles. The third-order valence-electron chi connectivity index (χ3n) is 1.43. The summed E-state index contributed by atoms with van der Waals surface area (Å²) < 4.78 is 4.44. The number of methoxy groups -OCH3 is 1. The summed E-state index contributed by atoms with van der Waals surface area (Å²) in [7, 11) is 1.34. The lowest BCUT2D eigenvalue weighted by Gasteiger charge is -2.19. The van der Waals surface area contributed by atoms with E-state index in [2.05, 4.69) is 4.74 Å². The molecule has 13 heavy (non-hydrogen) atoms. The van der Waals surface area contributed by atoms with E-state index in [0.29, 0.717) is 17.9 Å². The largest absolute Gasteiger partial charge is 0.469 e. The van der Waals surface area contributed by atoms with Gasteiger partial charge in [-0.2, -0.15) is 11.8 Å². The number of rotatable bonds is 6. The van der Waals surface area contributed by atoms with Crippen molar-refractivity contribution in [2.45, 2.75) is 18.9 Å². The molecule has 0 aromatic carbocycles. The van der Waals surface area contributed by atoms with Crippen LogP contribution < -0.4 is 0 Å². The van der Waals surface area contributed by atoms with Gasteiger partial charge in [-0.1, -0.05) is 0 Å². The molecule has 0 spiro atoms. The van der Waals surface area contributed by atoms with Crippen molar-refractivity contribution < 1.29 is 19.7 Å². The number of aliphatic hydroxyl groups excluding tert-OH is 1. The normalized spacial score (nSPS) is 15.1. The number of aliphatic hydroxyl groups is 2. The molecular weight excluding hydrogens is 192 g/mol. The summed E-state index contributed by atoms with van der Waals surface area (Å²) in [5.41, 5.74) is -1.05. The molecule has 1 unspecified atom stereocenters. The fraction of sp³-hybridized carbons (Fsp3) is 0.875. The summed E-state index contributed by atoms with van der Waals surface area (Å²) in [5, 5.41) is 18.1. The molecule has 0 aliphatic rings. The lowest BCUT2D eigenvalue weighted by molar-refractivity contribution is -0.140. The van der Waals surface area contributed by atoms with E-state index < -0.39 is 5.60 Å². The fourth-order valence-electron chi connectivity index (χ4n) is 0.595. The van der Waals surface area contributed by atoms with Crippen LogP contribution in [0.2, 0.25) is 0 Å². The first-order valence-corrected chi connectivity index (χ1v) is 5.15. The van der Waals surface area contributed by atoms with E-state index in [1.54, 1.807) is 6.92 Å². The number of carbonyl (C=O) groups is 1. The molecule has 0 saturated carbocycles. The zero-order chi connectivity index (χ0) is 10.3. The number of hydrogen-bond donors (Lipinski definition) is 2. The van der Waals surface area contributed by atoms with E-state index in [9.17, 15) is 9.90 Å². The Morgan fingerprint density at radius 1 is 1.62 bits per heavy atom. The van der Waals surface area contributed by atoms with E-state index in [-0.39, 0.29) is 12.6 Å². The molecule has 5 heteroatoms. The minimum Gasteiger partial charge on any atom is -0.469 e. The van der Waals surface area contributed by atoms with Gasteiger partial charge in [-0.15, -0.1) is 0 Å². The second kappa shape index (κ2) is 6.23. The monoisotopic (exact) mass is 208 g/mol. The molecule has 78 valence electrons. The Labute approximate surface area is 82.3 Å². The Kier molecular flexibility index (Phi) is 6.11. The van der Waals surface area contributed by atoms with Gasteiger partial charge in [-0.3, -0.25) is 4.79 Å². The molecule has 1 atom stereocenters. The van der Waals surface area contributed by atoms with Crippen molar-refractivity contribution in [3.8, 4) is 0 Å². The van der Waals surface area contributed by atoms with Crippen LogP contribution in [0.3, 0.4) is 0 Å². The van der Waals surface area contributed by atoms with Crippen LogP contribution >= 0.6 is 11.8 Å². The van der Waals surface area contributed by atoms with Crippen molar-refractivity contribution >= 4 is 17.7 Å². The van der Waals surface area contributed by atoms with Crippen LogP contribution in [0.1, 0.15) is 13.3 Å². The Hall–Kier alpha value is -0.260. The predicted octanol–water partition coefficient (Wildman–Crippen LogP) is 0.0260. The number of thioether (sulfide) groups is 1. The van der Waals surface area contributed by atoms with Gasteiger partial charge in [0.1, 0.15) is 0 Å². The average Bonchev–Trinajstić information content (AvgIpc) is 2.12. The topological polar surface area (TPSA) is 66.8 Å². The average molecular weight is 208 g/mol. The van der Waals surface area contributed by atoms with Gasteiger partial charge in [0.15, 0.2) is 0 Å². The minimum absolute atomic E-state index is 0.254. The standard InChI is InChI=1S/C8H16O4S/c1-8(11,5-9)6-13-4-3-7(10)12-2/h9,11H,3-6H2,1-2H3. The van der Waals surface area contributed by atoms with Crippen molar-refractivity contribution in [2.75, 3.05) is 25.2 Å². The SMILES string of the molecule is COC(=O)CCSCC(C)(O)CO. The van der Waals surface area contributed by atoms with Gasteiger partial charge in [0.05, 0.1) is 25.7 Å². The highest BCUT2D eigenvalue weighted by Gasteiger charge is 2.18. The zero-order valence-electron chi connectivity index (χ0n) is 7.95. The number of carbonyl (C=O) groups excluding carboxylic acids is 1. The molecule has 2 N–H and O–H groups in total. The maximum Gasteiger partial charge on any atom is 0.306 e. The van der Waals surface area contributed by atoms with Gasteiger partial charge >= 0.3 is 5.97 Å². The van der Waals surface area contributed by atoms with Crippen molar-refractivity contribution in [1.29, 1.82) is 0 Å². The Bertz CT molecular complexity index is 158.